The third-order valence-electron chi connectivity index (χ3n) is 3.70. The fourth-order valence-corrected chi connectivity index (χ4v) is 26.9. The summed E-state index contributed by atoms with van der Waals surface area (Å²) in [6, 6.07) is 8.98. The monoisotopic (exact) mass is 521 g/mol. The van der Waals surface area contributed by atoms with Crippen molar-refractivity contribution in [1.29, 1.82) is 0 Å². The van der Waals surface area contributed by atoms with Crippen LogP contribution in [-0.4, -0.2) is 35.2 Å². The predicted molar refractivity (Wildman–Crippen MR) is 99.2 cm³/mol. The first-order chi connectivity index (χ1) is 9.16. The van der Waals surface area contributed by atoms with Gasteiger partial charge in [0, 0.05) is 0 Å². The summed E-state index contributed by atoms with van der Waals surface area (Å²) in [5.41, 5.74) is 3.18. The van der Waals surface area contributed by atoms with Gasteiger partial charge in [-0.25, -0.2) is 0 Å². The number of piperidine rings is 1. The Morgan fingerprint density at radius 1 is 1.11 bits per heavy atom. The molecule has 0 N–H and O–H groups in total. The van der Waals surface area contributed by atoms with Crippen LogP contribution < -0.4 is 0 Å². The Morgan fingerprint density at radius 3 is 2.26 bits per heavy atom. The SMILES string of the molecule is S=C(S[Te]1(I)Cc2ccccc2C1)N1CCCCC1. The van der Waals surface area contributed by atoms with Crippen molar-refractivity contribution in [2.45, 2.75) is 28.2 Å². The predicted octanol–water partition coefficient (Wildman–Crippen LogP) is 4.24. The molecule has 5 heteroatoms. The molecule has 0 bridgehead atoms. The van der Waals surface area contributed by atoms with Crippen LogP contribution >= 0.6 is 39.9 Å². The maximum absolute atomic E-state index is 5.72. The van der Waals surface area contributed by atoms with Gasteiger partial charge in [0.15, 0.2) is 0 Å². The molecule has 104 valence electrons. The molecule has 19 heavy (non-hydrogen) atoms. The van der Waals surface area contributed by atoms with Crippen molar-refractivity contribution < 1.29 is 0 Å². The first-order valence-corrected chi connectivity index (χ1v) is 20.8. The molecule has 1 nitrogen and oxygen atoms in total. The average Bonchev–Trinajstić information content (AvgIpc) is 2.75. The Labute approximate surface area is 137 Å². The molecule has 0 atom stereocenters. The second kappa shape index (κ2) is 6.39. The van der Waals surface area contributed by atoms with Gasteiger partial charge in [-0.05, 0) is 0 Å². The van der Waals surface area contributed by atoms with Crippen molar-refractivity contribution >= 4 is 57.1 Å². The molecule has 0 saturated carbocycles. The van der Waals surface area contributed by atoms with Crippen LogP contribution in [0.3, 0.4) is 0 Å². The summed E-state index contributed by atoms with van der Waals surface area (Å²) in [6.07, 6.45) is 4.02. The molecule has 2 aliphatic rings. The zero-order valence-corrected chi connectivity index (χ0v) is 16.9. The molecule has 3 rings (SSSR count). The van der Waals surface area contributed by atoms with Crippen LogP contribution in [0.5, 0.6) is 0 Å². The van der Waals surface area contributed by atoms with E-state index in [1.807, 2.05) is 0 Å². The molecule has 1 saturated heterocycles. The van der Waals surface area contributed by atoms with E-state index in [1.54, 1.807) is 11.1 Å². The van der Waals surface area contributed by atoms with Crippen LogP contribution in [0.2, 0.25) is 0 Å². The minimum absolute atomic E-state index is 1.19. The molecular formula is C14H18INS2Te. The Hall–Kier alpha value is 0.980. The number of rotatable bonds is 1. The van der Waals surface area contributed by atoms with E-state index in [2.05, 4.69) is 56.9 Å². The van der Waals surface area contributed by atoms with Gasteiger partial charge in [0.2, 0.25) is 0 Å². The second-order valence-electron chi connectivity index (χ2n) is 5.18. The van der Waals surface area contributed by atoms with Gasteiger partial charge >= 0.3 is 139 Å². The number of halogens is 1. The zero-order valence-electron chi connectivity index (χ0n) is 10.8. The molecule has 0 amide bonds. The first kappa shape index (κ1) is 14.9. The summed E-state index contributed by atoms with van der Waals surface area (Å²) >= 11 is 6.63. The van der Waals surface area contributed by atoms with E-state index in [-0.39, 0.29) is 0 Å². The van der Waals surface area contributed by atoms with Crippen LogP contribution in [0.15, 0.2) is 24.3 Å². The van der Waals surface area contributed by atoms with Gasteiger partial charge in [-0.1, -0.05) is 0 Å². The molecule has 2 heterocycles. The van der Waals surface area contributed by atoms with Gasteiger partial charge < -0.3 is 0 Å². The molecule has 0 spiro atoms. The number of nitrogens with zero attached hydrogens (tertiary/aromatic N) is 1. The fourth-order valence-electron chi connectivity index (χ4n) is 2.67. The van der Waals surface area contributed by atoms with Crippen molar-refractivity contribution in [2.24, 2.45) is 0 Å². The van der Waals surface area contributed by atoms with Crippen molar-refractivity contribution in [1.82, 2.24) is 4.90 Å². The standard InChI is InChI=1S/C14H18INS2Te/c15-19(10-12-6-2-3-7-13(12)11-19)18-14(17)16-8-4-1-5-9-16/h2-3,6-7H,1,4-5,8-11H2. The normalized spacial score (nSPS) is 22.9. The minimum atomic E-state index is -1.91. The van der Waals surface area contributed by atoms with E-state index in [4.69, 9.17) is 12.2 Å². The Morgan fingerprint density at radius 2 is 1.68 bits per heavy atom. The second-order valence-corrected chi connectivity index (χ2v) is 33.2. The third-order valence-corrected chi connectivity index (χ3v) is 23.4. The fraction of sp³-hybridized carbons (Fsp3) is 0.500. The summed E-state index contributed by atoms with van der Waals surface area (Å²) < 4.78 is 3.86. The number of thiocarbonyl (C=S) groups is 1. The first-order valence-electron chi connectivity index (χ1n) is 6.70. The zero-order chi connectivity index (χ0) is 13.3. The van der Waals surface area contributed by atoms with E-state index < -0.39 is 12.9 Å². The molecule has 1 aromatic rings. The average molecular weight is 519 g/mol. The van der Waals surface area contributed by atoms with Crippen LogP contribution in [0.1, 0.15) is 30.4 Å². The van der Waals surface area contributed by atoms with Crippen LogP contribution in [-0.2, 0) is 8.94 Å². The molecule has 0 aromatic heterocycles. The van der Waals surface area contributed by atoms with Gasteiger partial charge in [-0.3, -0.25) is 0 Å². The molecule has 1 fully saturated rings. The number of hydrogen-bond donors (Lipinski definition) is 0. The van der Waals surface area contributed by atoms with Gasteiger partial charge in [-0.2, -0.15) is 0 Å². The van der Waals surface area contributed by atoms with Gasteiger partial charge in [0.25, 0.3) is 0 Å². The molecule has 0 radical (unpaired) electrons. The topological polar surface area (TPSA) is 3.24 Å². The van der Waals surface area contributed by atoms with Crippen molar-refractivity contribution in [3.05, 3.63) is 35.4 Å². The Kier molecular flexibility index (Phi) is 5.01. The van der Waals surface area contributed by atoms with Gasteiger partial charge in [0.1, 0.15) is 0 Å². The molecule has 2 aliphatic heterocycles. The van der Waals surface area contributed by atoms with E-state index in [9.17, 15) is 0 Å². The van der Waals surface area contributed by atoms with Gasteiger partial charge in [-0.15, -0.1) is 0 Å². The Balaban J connectivity index is 1.65. The summed E-state index contributed by atoms with van der Waals surface area (Å²) in [4.78, 5) is 2.46. The van der Waals surface area contributed by atoms with E-state index in [0.717, 1.165) is 0 Å². The number of hydrogen-bond acceptors (Lipinski definition) is 2. The number of likely N-dealkylation sites (tertiary alicyclic amines) is 1. The molecule has 0 aliphatic carbocycles. The van der Waals surface area contributed by atoms with E-state index in [0.29, 0.717) is 0 Å². The van der Waals surface area contributed by atoms with Crippen molar-refractivity contribution in [3.63, 3.8) is 0 Å². The molecular weight excluding hydrogens is 501 g/mol. The van der Waals surface area contributed by atoms with Crippen LogP contribution in [0, 0.1) is 0 Å². The maximum atomic E-state index is 5.72. The van der Waals surface area contributed by atoms with Gasteiger partial charge in [0.05, 0.1) is 0 Å². The van der Waals surface area contributed by atoms with E-state index in [1.165, 1.54) is 45.6 Å². The summed E-state index contributed by atoms with van der Waals surface area (Å²) in [5.74, 6) is 0. The van der Waals surface area contributed by atoms with Crippen LogP contribution in [0.25, 0.3) is 0 Å². The molecule has 1 aromatic carbocycles. The quantitative estimate of drug-likeness (QED) is 0.311. The molecule has 0 unspecified atom stereocenters. The summed E-state index contributed by atoms with van der Waals surface area (Å²) in [6.45, 7) is 2.38. The summed E-state index contributed by atoms with van der Waals surface area (Å²) in [7, 11) is 2.11. The third kappa shape index (κ3) is 3.60. The van der Waals surface area contributed by atoms with Crippen molar-refractivity contribution in [3.8, 4) is 0 Å². The number of fused-ring (bicyclic) bond motifs is 1. The number of benzene rings is 1. The Bertz CT molecular complexity index is 463. The van der Waals surface area contributed by atoms with E-state index >= 15 is 0 Å². The van der Waals surface area contributed by atoms with Crippen molar-refractivity contribution in [2.75, 3.05) is 13.1 Å². The van der Waals surface area contributed by atoms with Crippen LogP contribution in [0.4, 0.5) is 0 Å². The summed E-state index contributed by atoms with van der Waals surface area (Å²) in [5, 5.41) is 0.